The normalized spacial score (nSPS) is 12.0. The monoisotopic (exact) mass is 331 g/mol. The Morgan fingerprint density at radius 2 is 1.86 bits per heavy atom. The topological polar surface area (TPSA) is 66.4 Å². The van der Waals surface area contributed by atoms with Gasteiger partial charge >= 0.3 is 0 Å². The molecular formula is C13H8ClF2NO3S. The van der Waals surface area contributed by atoms with Crippen molar-refractivity contribution in [1.29, 1.82) is 0 Å². The third kappa shape index (κ3) is 3.63. The summed E-state index contributed by atoms with van der Waals surface area (Å²) in [5, 5.41) is 2.38. The number of carbonyl (C=O) groups is 1. The van der Waals surface area contributed by atoms with Crippen molar-refractivity contribution in [3.63, 3.8) is 0 Å². The zero-order valence-electron chi connectivity index (χ0n) is 10.3. The molecule has 0 bridgehead atoms. The minimum absolute atomic E-state index is 0.0419. The lowest BCUT2D eigenvalue weighted by Gasteiger charge is -2.07. The molecule has 2 N–H and O–H groups in total. The van der Waals surface area contributed by atoms with E-state index in [-0.39, 0.29) is 21.2 Å². The van der Waals surface area contributed by atoms with Gasteiger partial charge in [0, 0.05) is 17.3 Å². The highest BCUT2D eigenvalue weighted by Crippen LogP contribution is 2.21. The van der Waals surface area contributed by atoms with Gasteiger partial charge in [-0.15, -0.1) is 0 Å². The molecule has 2 aromatic carbocycles. The molecule has 1 unspecified atom stereocenters. The molecule has 1 atom stereocenters. The Kier molecular flexibility index (Phi) is 4.66. The first-order valence-corrected chi connectivity index (χ1v) is 7.04. The number of carbonyl (C=O) groups excluding carboxylic acids is 1. The third-order valence-electron chi connectivity index (χ3n) is 2.56. The van der Waals surface area contributed by atoms with Crippen molar-refractivity contribution in [3.05, 3.63) is 58.6 Å². The molecule has 1 amide bonds. The SMILES string of the molecule is O=C(Nc1ccc(F)c(F)c1)c1ccc(Cl)c(S(=O)O)c1. The van der Waals surface area contributed by atoms with Gasteiger partial charge in [-0.2, -0.15) is 0 Å². The average molecular weight is 332 g/mol. The van der Waals surface area contributed by atoms with Gasteiger partial charge in [0.15, 0.2) is 22.7 Å². The molecule has 4 nitrogen and oxygen atoms in total. The summed E-state index contributed by atoms with van der Waals surface area (Å²) in [4.78, 5) is 11.8. The van der Waals surface area contributed by atoms with Crippen molar-refractivity contribution in [2.24, 2.45) is 0 Å². The maximum atomic E-state index is 13.0. The first-order valence-electron chi connectivity index (χ1n) is 5.55. The summed E-state index contributed by atoms with van der Waals surface area (Å²) in [5.74, 6) is -2.78. The van der Waals surface area contributed by atoms with Crippen molar-refractivity contribution in [2.75, 3.05) is 5.32 Å². The lowest BCUT2D eigenvalue weighted by atomic mass is 10.2. The first-order chi connectivity index (χ1) is 9.88. The van der Waals surface area contributed by atoms with Crippen molar-refractivity contribution in [3.8, 4) is 0 Å². The predicted molar refractivity (Wildman–Crippen MR) is 74.8 cm³/mol. The van der Waals surface area contributed by atoms with E-state index >= 15 is 0 Å². The molecule has 8 heteroatoms. The fourth-order valence-electron chi connectivity index (χ4n) is 1.56. The van der Waals surface area contributed by atoms with E-state index in [1.54, 1.807) is 0 Å². The maximum absolute atomic E-state index is 13.0. The van der Waals surface area contributed by atoms with E-state index in [1.807, 2.05) is 0 Å². The second-order valence-corrected chi connectivity index (χ2v) is 5.32. The average Bonchev–Trinajstić information content (AvgIpc) is 2.43. The number of hydrogen-bond donors (Lipinski definition) is 2. The molecule has 0 aliphatic heterocycles. The second kappa shape index (κ2) is 6.30. The number of hydrogen-bond acceptors (Lipinski definition) is 2. The highest BCUT2D eigenvalue weighted by molar-refractivity contribution is 7.79. The lowest BCUT2D eigenvalue weighted by molar-refractivity contribution is 0.102. The number of benzene rings is 2. The molecule has 0 spiro atoms. The number of rotatable bonds is 3. The summed E-state index contributed by atoms with van der Waals surface area (Å²) in [5.41, 5.74) is 0.113. The smallest absolute Gasteiger partial charge is 0.255 e. The van der Waals surface area contributed by atoms with Gasteiger partial charge in [-0.25, -0.2) is 13.0 Å². The number of anilines is 1. The standard InChI is InChI=1S/C13H8ClF2NO3S/c14-9-3-1-7(5-12(9)21(19)20)13(18)17-8-2-4-10(15)11(16)6-8/h1-6H,(H,17,18)(H,19,20). The molecule has 0 radical (unpaired) electrons. The van der Waals surface area contributed by atoms with Crippen molar-refractivity contribution >= 4 is 34.3 Å². The van der Waals surface area contributed by atoms with Gasteiger partial charge in [0.2, 0.25) is 0 Å². The Bertz CT molecular complexity index is 739. The van der Waals surface area contributed by atoms with Crippen molar-refractivity contribution in [2.45, 2.75) is 4.90 Å². The lowest BCUT2D eigenvalue weighted by Crippen LogP contribution is -2.12. The first kappa shape index (κ1) is 15.6. The van der Waals surface area contributed by atoms with Gasteiger partial charge in [0.25, 0.3) is 5.91 Å². The molecule has 0 saturated heterocycles. The zero-order chi connectivity index (χ0) is 15.6. The predicted octanol–water partition coefficient (Wildman–Crippen LogP) is 3.45. The van der Waals surface area contributed by atoms with Crippen LogP contribution in [0.25, 0.3) is 0 Å². The van der Waals surface area contributed by atoms with Gasteiger partial charge in [-0.3, -0.25) is 4.79 Å². The van der Waals surface area contributed by atoms with Gasteiger partial charge in [0.05, 0.1) is 9.92 Å². The van der Waals surface area contributed by atoms with Crippen LogP contribution in [0.4, 0.5) is 14.5 Å². The van der Waals surface area contributed by atoms with Crippen LogP contribution >= 0.6 is 11.6 Å². The van der Waals surface area contributed by atoms with Crippen LogP contribution in [0.1, 0.15) is 10.4 Å². The van der Waals surface area contributed by atoms with Gasteiger partial charge in [-0.05, 0) is 30.3 Å². The van der Waals surface area contributed by atoms with Crippen molar-refractivity contribution < 1.29 is 22.3 Å². The third-order valence-corrected chi connectivity index (χ3v) is 3.71. The highest BCUT2D eigenvalue weighted by atomic mass is 35.5. The Hall–Kier alpha value is -1.83. The maximum Gasteiger partial charge on any atom is 0.255 e. The molecule has 21 heavy (non-hydrogen) atoms. The number of halogens is 3. The summed E-state index contributed by atoms with van der Waals surface area (Å²) < 4.78 is 45.9. The summed E-state index contributed by atoms with van der Waals surface area (Å²) in [6, 6.07) is 6.68. The molecular weight excluding hydrogens is 324 g/mol. The van der Waals surface area contributed by atoms with Gasteiger partial charge in [0.1, 0.15) is 0 Å². The van der Waals surface area contributed by atoms with Crippen LogP contribution in [-0.4, -0.2) is 14.7 Å². The van der Waals surface area contributed by atoms with Crippen LogP contribution in [-0.2, 0) is 11.1 Å². The van der Waals surface area contributed by atoms with Crippen LogP contribution in [0, 0.1) is 11.6 Å². The van der Waals surface area contributed by atoms with E-state index in [0.717, 1.165) is 18.2 Å². The van der Waals surface area contributed by atoms with Gasteiger partial charge < -0.3 is 9.87 Å². The van der Waals surface area contributed by atoms with E-state index in [2.05, 4.69) is 5.32 Å². The quantitative estimate of drug-likeness (QED) is 0.847. The number of nitrogens with one attached hydrogen (secondary N) is 1. The molecule has 0 aromatic heterocycles. The van der Waals surface area contributed by atoms with Crippen LogP contribution in [0.15, 0.2) is 41.3 Å². The second-order valence-electron chi connectivity index (χ2n) is 3.98. The van der Waals surface area contributed by atoms with Crippen LogP contribution in [0.5, 0.6) is 0 Å². The Balaban J connectivity index is 2.26. The largest absolute Gasteiger partial charge is 0.322 e. The van der Waals surface area contributed by atoms with E-state index in [1.165, 1.54) is 18.2 Å². The summed E-state index contributed by atoms with van der Waals surface area (Å²) >= 11 is 3.38. The minimum atomic E-state index is -2.34. The van der Waals surface area contributed by atoms with E-state index in [9.17, 15) is 17.8 Å². The fraction of sp³-hybridized carbons (Fsp3) is 0. The highest BCUT2D eigenvalue weighted by Gasteiger charge is 2.13. The van der Waals surface area contributed by atoms with Crippen LogP contribution in [0.3, 0.4) is 0 Å². The summed E-state index contributed by atoms with van der Waals surface area (Å²) in [6.45, 7) is 0. The Labute approximate surface area is 126 Å². The fourth-order valence-corrected chi connectivity index (χ4v) is 2.33. The molecule has 0 aliphatic carbocycles. The van der Waals surface area contributed by atoms with Crippen LogP contribution in [0.2, 0.25) is 5.02 Å². The van der Waals surface area contributed by atoms with E-state index < -0.39 is 28.6 Å². The zero-order valence-corrected chi connectivity index (χ0v) is 11.8. The summed E-state index contributed by atoms with van der Waals surface area (Å²) in [6.07, 6.45) is 0. The summed E-state index contributed by atoms with van der Waals surface area (Å²) in [7, 11) is 0. The van der Waals surface area contributed by atoms with E-state index in [4.69, 9.17) is 16.2 Å². The minimum Gasteiger partial charge on any atom is -0.322 e. The molecule has 110 valence electrons. The molecule has 0 heterocycles. The molecule has 0 aliphatic rings. The Morgan fingerprint density at radius 1 is 1.14 bits per heavy atom. The molecule has 2 rings (SSSR count). The molecule has 0 saturated carbocycles. The molecule has 0 fully saturated rings. The van der Waals surface area contributed by atoms with Gasteiger partial charge in [-0.1, -0.05) is 11.6 Å². The van der Waals surface area contributed by atoms with Crippen LogP contribution < -0.4 is 5.32 Å². The van der Waals surface area contributed by atoms with E-state index in [0.29, 0.717) is 0 Å². The number of amides is 1. The van der Waals surface area contributed by atoms with Crippen molar-refractivity contribution in [1.82, 2.24) is 0 Å². The Morgan fingerprint density at radius 3 is 2.48 bits per heavy atom. The molecule has 2 aromatic rings.